The van der Waals surface area contributed by atoms with Crippen molar-refractivity contribution in [2.24, 2.45) is 0 Å². The molecule has 0 bridgehead atoms. The molecule has 1 amide bonds. The molecule has 0 N–H and O–H groups in total. The van der Waals surface area contributed by atoms with Crippen molar-refractivity contribution in [3.8, 4) is 0 Å². The number of carbonyl (C=O) groups is 1. The Hall–Kier alpha value is -2.42. The van der Waals surface area contributed by atoms with E-state index in [1.54, 1.807) is 0 Å². The Kier molecular flexibility index (Phi) is 5.27. The number of aromatic nitrogens is 2. The first-order valence-corrected chi connectivity index (χ1v) is 11.4. The molecule has 1 aliphatic carbocycles. The van der Waals surface area contributed by atoms with Crippen LogP contribution in [-0.2, 0) is 4.79 Å². The molecule has 3 aromatic rings. The lowest BCUT2D eigenvalue weighted by Gasteiger charge is -2.32. The van der Waals surface area contributed by atoms with Crippen molar-refractivity contribution >= 4 is 38.6 Å². The number of benzene rings is 2. The van der Waals surface area contributed by atoms with Gasteiger partial charge in [-0.3, -0.25) is 4.79 Å². The first-order valence-electron chi connectivity index (χ1n) is 10.6. The molecule has 32 heavy (non-hydrogen) atoms. The predicted molar refractivity (Wildman–Crippen MR) is 116 cm³/mol. The number of nitrogens with zero attached hydrogens (tertiary/aromatic N) is 3. The van der Waals surface area contributed by atoms with Gasteiger partial charge >= 0.3 is 0 Å². The summed E-state index contributed by atoms with van der Waals surface area (Å²) in [5.41, 5.74) is 1.76. The van der Waals surface area contributed by atoms with E-state index in [4.69, 9.17) is 4.98 Å². The van der Waals surface area contributed by atoms with E-state index in [2.05, 4.69) is 15.9 Å². The van der Waals surface area contributed by atoms with E-state index in [9.17, 15) is 22.4 Å². The van der Waals surface area contributed by atoms with E-state index in [0.29, 0.717) is 30.6 Å². The highest BCUT2D eigenvalue weighted by molar-refractivity contribution is 9.10. The van der Waals surface area contributed by atoms with E-state index >= 15 is 0 Å². The summed E-state index contributed by atoms with van der Waals surface area (Å²) in [6.45, 7) is 0. The van der Waals surface area contributed by atoms with Crippen LogP contribution in [0.5, 0.6) is 0 Å². The number of hydrogen-bond donors (Lipinski definition) is 0. The van der Waals surface area contributed by atoms with Crippen molar-refractivity contribution in [1.82, 2.24) is 9.55 Å². The minimum Gasteiger partial charge on any atom is -0.323 e. The molecule has 1 saturated heterocycles. The van der Waals surface area contributed by atoms with Crippen LogP contribution >= 0.6 is 15.9 Å². The summed E-state index contributed by atoms with van der Waals surface area (Å²) < 4.78 is 57.9. The minimum atomic E-state index is -2.67. The molecular formula is C23H20BrF4N3O. The second-order valence-corrected chi connectivity index (χ2v) is 9.39. The molecular weight excluding hydrogens is 490 g/mol. The Balaban J connectivity index is 1.62. The Labute approximate surface area is 190 Å². The quantitative estimate of drug-likeness (QED) is 0.368. The third kappa shape index (κ3) is 3.70. The monoisotopic (exact) mass is 509 g/mol. The number of carbonyl (C=O) groups excluding carboxylic acids is 1. The number of amides is 1. The zero-order valence-corrected chi connectivity index (χ0v) is 18.6. The van der Waals surface area contributed by atoms with Gasteiger partial charge in [-0.15, -0.1) is 0 Å². The van der Waals surface area contributed by atoms with Crippen LogP contribution in [0.15, 0.2) is 40.9 Å². The molecule has 1 aromatic heterocycles. The molecule has 4 nitrogen and oxygen atoms in total. The van der Waals surface area contributed by atoms with Crippen LogP contribution in [-0.4, -0.2) is 21.4 Å². The van der Waals surface area contributed by atoms with E-state index in [-0.39, 0.29) is 36.9 Å². The van der Waals surface area contributed by atoms with E-state index in [0.717, 1.165) is 22.1 Å². The zero-order chi connectivity index (χ0) is 22.6. The topological polar surface area (TPSA) is 38.1 Å². The fraction of sp³-hybridized carbons (Fsp3) is 0.391. The normalized spacial score (nSPS) is 21.6. The molecule has 0 spiro atoms. The number of alkyl halides is 2. The highest BCUT2D eigenvalue weighted by Crippen LogP contribution is 2.44. The fourth-order valence-electron chi connectivity index (χ4n) is 4.88. The van der Waals surface area contributed by atoms with Crippen LogP contribution in [0.4, 0.5) is 23.2 Å². The van der Waals surface area contributed by atoms with E-state index in [1.807, 2.05) is 22.8 Å². The van der Waals surface area contributed by atoms with Crippen LogP contribution < -0.4 is 4.90 Å². The smallest absolute Gasteiger partial charge is 0.248 e. The van der Waals surface area contributed by atoms with Gasteiger partial charge in [0.1, 0.15) is 5.82 Å². The zero-order valence-electron chi connectivity index (χ0n) is 17.0. The summed E-state index contributed by atoms with van der Waals surface area (Å²) in [5.74, 6) is -4.32. The fourth-order valence-corrected chi connectivity index (χ4v) is 5.23. The third-order valence-electron chi connectivity index (χ3n) is 6.42. The molecule has 2 aromatic carbocycles. The molecule has 2 heterocycles. The maximum absolute atomic E-state index is 13.9. The van der Waals surface area contributed by atoms with Gasteiger partial charge in [0.25, 0.3) is 0 Å². The Morgan fingerprint density at radius 3 is 2.47 bits per heavy atom. The second kappa shape index (κ2) is 7.86. The van der Waals surface area contributed by atoms with Crippen LogP contribution in [0, 0.1) is 11.6 Å². The van der Waals surface area contributed by atoms with Gasteiger partial charge in [0.15, 0.2) is 11.6 Å². The molecule has 2 fully saturated rings. The maximum atomic E-state index is 13.9. The van der Waals surface area contributed by atoms with Gasteiger partial charge in [0.2, 0.25) is 11.8 Å². The van der Waals surface area contributed by atoms with Crippen LogP contribution in [0.2, 0.25) is 0 Å². The molecule has 2 aliphatic rings. The summed E-state index contributed by atoms with van der Waals surface area (Å²) in [4.78, 5) is 19.0. The first kappa shape index (κ1) is 21.4. The largest absolute Gasteiger partial charge is 0.323 e. The minimum absolute atomic E-state index is 0.182. The van der Waals surface area contributed by atoms with Crippen molar-refractivity contribution in [2.45, 2.75) is 56.5 Å². The van der Waals surface area contributed by atoms with Crippen molar-refractivity contribution in [1.29, 1.82) is 0 Å². The standard InChI is InChI=1S/C23H20BrF4N3O/c24-13-1-4-19-18(11-13)29-22(31(19)14-7-9-23(27,28)10-8-14)20-5-6-21(32)30(20)15-2-3-16(25)17(26)12-15/h1-4,11-12,14,20H,5-10H2. The Bertz CT molecular complexity index is 1200. The van der Waals surface area contributed by atoms with Gasteiger partial charge in [-0.25, -0.2) is 22.5 Å². The summed E-state index contributed by atoms with van der Waals surface area (Å²) in [5, 5.41) is 0. The van der Waals surface area contributed by atoms with Crippen LogP contribution in [0.1, 0.15) is 56.4 Å². The van der Waals surface area contributed by atoms with Gasteiger partial charge in [-0.05, 0) is 49.6 Å². The van der Waals surface area contributed by atoms with Crippen molar-refractivity contribution in [2.75, 3.05) is 4.90 Å². The summed E-state index contributed by atoms with van der Waals surface area (Å²) in [6.07, 6.45) is 0.874. The lowest BCUT2D eigenvalue weighted by atomic mass is 9.91. The molecule has 0 radical (unpaired) electrons. The van der Waals surface area contributed by atoms with E-state index in [1.165, 1.54) is 11.0 Å². The van der Waals surface area contributed by atoms with Gasteiger partial charge in [-0.2, -0.15) is 0 Å². The Morgan fingerprint density at radius 2 is 1.75 bits per heavy atom. The third-order valence-corrected chi connectivity index (χ3v) is 6.92. The average Bonchev–Trinajstić information content (AvgIpc) is 3.30. The molecule has 1 aliphatic heterocycles. The van der Waals surface area contributed by atoms with Crippen molar-refractivity contribution < 1.29 is 22.4 Å². The number of halogens is 5. The van der Waals surface area contributed by atoms with Gasteiger partial charge in [0.05, 0.1) is 17.1 Å². The molecule has 1 saturated carbocycles. The summed E-state index contributed by atoms with van der Waals surface area (Å²) in [6, 6.07) is 8.31. The van der Waals surface area contributed by atoms with Crippen molar-refractivity contribution in [3.05, 3.63) is 58.3 Å². The van der Waals surface area contributed by atoms with Crippen LogP contribution in [0.25, 0.3) is 11.0 Å². The number of fused-ring (bicyclic) bond motifs is 1. The van der Waals surface area contributed by atoms with Gasteiger partial charge in [0, 0.05) is 41.5 Å². The lowest BCUT2D eigenvalue weighted by Crippen LogP contribution is -2.32. The highest BCUT2D eigenvalue weighted by Gasteiger charge is 2.41. The molecule has 5 rings (SSSR count). The summed E-state index contributed by atoms with van der Waals surface area (Å²) >= 11 is 3.44. The molecule has 1 unspecified atom stereocenters. The van der Waals surface area contributed by atoms with Gasteiger partial charge in [-0.1, -0.05) is 15.9 Å². The first-order chi connectivity index (χ1) is 15.2. The maximum Gasteiger partial charge on any atom is 0.248 e. The summed E-state index contributed by atoms with van der Waals surface area (Å²) in [7, 11) is 0. The van der Waals surface area contributed by atoms with Crippen LogP contribution in [0.3, 0.4) is 0 Å². The van der Waals surface area contributed by atoms with Crippen molar-refractivity contribution in [3.63, 3.8) is 0 Å². The number of imidazole rings is 1. The molecule has 9 heteroatoms. The predicted octanol–water partition coefficient (Wildman–Crippen LogP) is 6.70. The number of anilines is 1. The highest BCUT2D eigenvalue weighted by atomic mass is 79.9. The average molecular weight is 510 g/mol. The number of hydrogen-bond acceptors (Lipinski definition) is 2. The lowest BCUT2D eigenvalue weighted by molar-refractivity contribution is -0.117. The van der Waals surface area contributed by atoms with E-state index < -0.39 is 23.6 Å². The second-order valence-electron chi connectivity index (χ2n) is 8.48. The Morgan fingerprint density at radius 1 is 1.00 bits per heavy atom. The van der Waals surface area contributed by atoms with Gasteiger partial charge < -0.3 is 9.47 Å². The molecule has 168 valence electrons. The SMILES string of the molecule is O=C1CCC(c2nc3cc(Br)ccc3n2C2CCC(F)(F)CC2)N1c1ccc(F)c(F)c1. The number of rotatable bonds is 3. The molecule has 1 atom stereocenters.